The Balaban J connectivity index is 1.73. The largest absolute Gasteiger partial charge is 0.480 e. The van der Waals surface area contributed by atoms with E-state index in [4.69, 9.17) is 16.3 Å². The lowest BCUT2D eigenvalue weighted by Gasteiger charge is -2.20. The van der Waals surface area contributed by atoms with Gasteiger partial charge in [-0.25, -0.2) is 4.39 Å². The second-order valence-corrected chi connectivity index (χ2v) is 8.21. The van der Waals surface area contributed by atoms with Crippen LogP contribution in [-0.2, 0) is 0 Å². The zero-order chi connectivity index (χ0) is 23.9. The van der Waals surface area contributed by atoms with Crippen LogP contribution in [0.25, 0.3) is 11.3 Å². The molecule has 3 aromatic rings. The Bertz CT molecular complexity index is 1170. The van der Waals surface area contributed by atoms with E-state index in [1.807, 2.05) is 6.07 Å². The van der Waals surface area contributed by atoms with Gasteiger partial charge >= 0.3 is 6.18 Å². The fourth-order valence-electron chi connectivity index (χ4n) is 3.23. The van der Waals surface area contributed by atoms with Crippen LogP contribution in [0.1, 0.15) is 47.3 Å². The molecule has 11 heteroatoms. The maximum absolute atomic E-state index is 15.0. The summed E-state index contributed by atoms with van der Waals surface area (Å²) in [5.41, 5.74) is 1.25. The van der Waals surface area contributed by atoms with Gasteiger partial charge in [-0.15, -0.1) is 0 Å². The molecule has 2 N–H and O–H groups in total. The Kier molecular flexibility index (Phi) is 6.04. The van der Waals surface area contributed by atoms with Crippen LogP contribution >= 0.6 is 11.6 Å². The van der Waals surface area contributed by atoms with Crippen molar-refractivity contribution in [1.29, 1.82) is 0 Å². The van der Waals surface area contributed by atoms with Crippen LogP contribution in [0.5, 0.6) is 5.75 Å². The second kappa shape index (κ2) is 8.66. The van der Waals surface area contributed by atoms with Crippen LogP contribution in [0.3, 0.4) is 0 Å². The summed E-state index contributed by atoms with van der Waals surface area (Å²) in [5.74, 6) is -1.76. The van der Waals surface area contributed by atoms with Crippen molar-refractivity contribution in [2.45, 2.75) is 44.9 Å². The van der Waals surface area contributed by atoms with Crippen LogP contribution in [0.2, 0.25) is 5.15 Å². The molecule has 0 radical (unpaired) electrons. The summed E-state index contributed by atoms with van der Waals surface area (Å²) in [5, 5.41) is 8.67. The van der Waals surface area contributed by atoms with Crippen molar-refractivity contribution >= 4 is 23.2 Å². The minimum atomic E-state index is -4.70. The summed E-state index contributed by atoms with van der Waals surface area (Å²) in [6, 6.07) is 5.28. The first-order valence-electron chi connectivity index (χ1n) is 10.1. The first-order chi connectivity index (χ1) is 15.5. The number of alkyl halides is 3. The highest BCUT2D eigenvalue weighted by Crippen LogP contribution is 2.40. The lowest BCUT2D eigenvalue weighted by atomic mass is 10.0. The molecule has 1 saturated carbocycles. The number of anilines is 1. The topological polar surface area (TPSA) is 79.9 Å². The standard InChI is InChI=1S/C22H19ClF4N4O2/c1-10-19(20(23)31-30-10)29-21(32)15-7-16(24)14(8-18(15)33-11(2)22(25,26)27)17-6-5-13(9-28-17)12-3-4-12/h5-9,11-12H,3-4H2,1-2H3,(H,29,32)(H,30,31). The fraction of sp³-hybridized carbons (Fsp3) is 0.318. The number of H-pyrrole nitrogens is 1. The van der Waals surface area contributed by atoms with Crippen LogP contribution in [0.15, 0.2) is 30.5 Å². The first kappa shape index (κ1) is 23.0. The fourth-order valence-corrected chi connectivity index (χ4v) is 3.46. The maximum atomic E-state index is 15.0. The van der Waals surface area contributed by atoms with E-state index in [1.54, 1.807) is 19.2 Å². The molecule has 174 valence electrons. The van der Waals surface area contributed by atoms with E-state index in [1.165, 1.54) is 0 Å². The van der Waals surface area contributed by atoms with Gasteiger partial charge in [-0.3, -0.25) is 14.9 Å². The number of ether oxygens (including phenoxy) is 1. The number of pyridine rings is 1. The van der Waals surface area contributed by atoms with Gasteiger partial charge in [0.1, 0.15) is 17.3 Å². The number of aromatic nitrogens is 3. The van der Waals surface area contributed by atoms with Crippen molar-refractivity contribution < 1.29 is 27.1 Å². The number of hydrogen-bond acceptors (Lipinski definition) is 4. The zero-order valence-electron chi connectivity index (χ0n) is 17.6. The van der Waals surface area contributed by atoms with Gasteiger partial charge in [-0.2, -0.15) is 18.3 Å². The Labute approximate surface area is 191 Å². The molecule has 0 aliphatic heterocycles. The quantitative estimate of drug-likeness (QED) is 0.420. The van der Waals surface area contributed by atoms with E-state index in [0.29, 0.717) is 11.6 Å². The van der Waals surface area contributed by atoms with Gasteiger partial charge in [-0.05, 0) is 56.4 Å². The summed E-state index contributed by atoms with van der Waals surface area (Å²) in [7, 11) is 0. The summed E-state index contributed by atoms with van der Waals surface area (Å²) in [6.45, 7) is 2.38. The number of carbonyl (C=O) groups is 1. The summed E-state index contributed by atoms with van der Waals surface area (Å²) in [6.07, 6.45) is -3.20. The molecular formula is C22H19ClF4N4O2. The van der Waals surface area contributed by atoms with Gasteiger partial charge in [0.2, 0.25) is 0 Å². The molecule has 2 aromatic heterocycles. The predicted octanol–water partition coefficient (Wildman–Crippen LogP) is 6.03. The van der Waals surface area contributed by atoms with Gasteiger partial charge < -0.3 is 10.1 Å². The van der Waals surface area contributed by atoms with Crippen molar-refractivity contribution in [2.24, 2.45) is 0 Å². The van der Waals surface area contributed by atoms with E-state index in [9.17, 15) is 18.0 Å². The molecule has 0 saturated heterocycles. The normalized spacial score (nSPS) is 14.8. The van der Waals surface area contributed by atoms with E-state index < -0.39 is 35.3 Å². The van der Waals surface area contributed by atoms with E-state index in [-0.39, 0.29) is 22.1 Å². The van der Waals surface area contributed by atoms with E-state index in [2.05, 4.69) is 20.5 Å². The highest BCUT2D eigenvalue weighted by atomic mass is 35.5. The smallest absolute Gasteiger partial charge is 0.425 e. The average molecular weight is 483 g/mol. The molecule has 1 fully saturated rings. The molecule has 4 rings (SSSR count). The molecule has 0 bridgehead atoms. The van der Waals surface area contributed by atoms with Gasteiger partial charge in [0.05, 0.1) is 17.0 Å². The number of halogens is 5. The number of amides is 1. The molecular weight excluding hydrogens is 464 g/mol. The van der Waals surface area contributed by atoms with Crippen molar-refractivity contribution in [3.63, 3.8) is 0 Å². The molecule has 1 aliphatic rings. The maximum Gasteiger partial charge on any atom is 0.425 e. The van der Waals surface area contributed by atoms with Gasteiger partial charge in [0.25, 0.3) is 5.91 Å². The Hall–Kier alpha value is -3.14. The minimum absolute atomic E-state index is 0.0518. The molecule has 1 unspecified atom stereocenters. The number of aryl methyl sites for hydroxylation is 1. The van der Waals surface area contributed by atoms with Crippen molar-refractivity contribution in [3.8, 4) is 17.0 Å². The lowest BCUT2D eigenvalue weighted by molar-refractivity contribution is -0.189. The highest BCUT2D eigenvalue weighted by molar-refractivity contribution is 6.33. The second-order valence-electron chi connectivity index (χ2n) is 7.85. The Morgan fingerprint density at radius 3 is 2.58 bits per heavy atom. The van der Waals surface area contributed by atoms with Crippen molar-refractivity contribution in [3.05, 3.63) is 58.3 Å². The van der Waals surface area contributed by atoms with Gasteiger partial charge in [0.15, 0.2) is 11.3 Å². The minimum Gasteiger partial charge on any atom is -0.480 e. The third kappa shape index (κ3) is 4.95. The number of benzene rings is 1. The monoisotopic (exact) mass is 482 g/mol. The molecule has 0 spiro atoms. The SMILES string of the molecule is Cc1[nH]nc(Cl)c1NC(=O)c1cc(F)c(-c2ccc(C3CC3)cn2)cc1OC(C)C(F)(F)F. The third-order valence-corrected chi connectivity index (χ3v) is 5.60. The number of hydrogen-bond donors (Lipinski definition) is 2. The zero-order valence-corrected chi connectivity index (χ0v) is 18.3. The highest BCUT2D eigenvalue weighted by Gasteiger charge is 2.39. The molecule has 6 nitrogen and oxygen atoms in total. The van der Waals surface area contributed by atoms with Crippen molar-refractivity contribution in [2.75, 3.05) is 5.32 Å². The molecule has 1 aliphatic carbocycles. The number of rotatable bonds is 6. The Morgan fingerprint density at radius 1 is 1.30 bits per heavy atom. The van der Waals surface area contributed by atoms with Crippen LogP contribution in [0, 0.1) is 12.7 Å². The number of carbonyl (C=O) groups excluding carboxylic acids is 1. The first-order valence-corrected chi connectivity index (χ1v) is 10.5. The van der Waals surface area contributed by atoms with E-state index >= 15 is 4.39 Å². The van der Waals surface area contributed by atoms with E-state index in [0.717, 1.165) is 37.5 Å². The lowest BCUT2D eigenvalue weighted by Crippen LogP contribution is -2.32. The van der Waals surface area contributed by atoms with Crippen molar-refractivity contribution in [1.82, 2.24) is 15.2 Å². The molecule has 1 atom stereocenters. The molecule has 1 amide bonds. The molecule has 1 aromatic carbocycles. The van der Waals surface area contributed by atoms with Gasteiger partial charge in [0, 0.05) is 11.8 Å². The Morgan fingerprint density at radius 2 is 2.03 bits per heavy atom. The average Bonchev–Trinajstić information content (AvgIpc) is 3.56. The summed E-state index contributed by atoms with van der Waals surface area (Å²) in [4.78, 5) is 17.1. The summed E-state index contributed by atoms with van der Waals surface area (Å²) < 4.78 is 59.6. The van der Waals surface area contributed by atoms with Crippen LogP contribution in [0.4, 0.5) is 23.2 Å². The summed E-state index contributed by atoms with van der Waals surface area (Å²) >= 11 is 5.92. The van der Waals surface area contributed by atoms with Gasteiger partial charge in [-0.1, -0.05) is 17.7 Å². The van der Waals surface area contributed by atoms with Crippen LogP contribution in [-0.4, -0.2) is 33.4 Å². The molecule has 33 heavy (non-hydrogen) atoms. The number of aromatic amines is 1. The molecule has 2 heterocycles. The third-order valence-electron chi connectivity index (χ3n) is 5.33. The number of nitrogens with one attached hydrogen (secondary N) is 2. The van der Waals surface area contributed by atoms with Crippen LogP contribution < -0.4 is 10.1 Å². The predicted molar refractivity (Wildman–Crippen MR) is 114 cm³/mol. The number of nitrogens with zero attached hydrogens (tertiary/aromatic N) is 2.